The van der Waals surface area contributed by atoms with Gasteiger partial charge in [0.1, 0.15) is 11.5 Å². The zero-order valence-corrected chi connectivity index (χ0v) is 12.4. The molecule has 2 rings (SSSR count). The summed E-state index contributed by atoms with van der Waals surface area (Å²) in [5, 5.41) is 0. The van der Waals surface area contributed by atoms with Gasteiger partial charge in [-0.1, -0.05) is 35.4 Å². The summed E-state index contributed by atoms with van der Waals surface area (Å²) in [6.45, 7) is 4.09. The van der Waals surface area contributed by atoms with Crippen molar-refractivity contribution in [3.8, 4) is 11.5 Å². The van der Waals surface area contributed by atoms with Gasteiger partial charge in [0.15, 0.2) is 0 Å². The molecule has 0 bridgehead atoms. The van der Waals surface area contributed by atoms with Crippen LogP contribution in [0.2, 0.25) is 0 Å². The largest absolute Gasteiger partial charge is 0.496 e. The average molecular weight is 271 g/mol. The van der Waals surface area contributed by atoms with Gasteiger partial charge in [-0.15, -0.1) is 0 Å². The maximum Gasteiger partial charge on any atom is 0.123 e. The highest BCUT2D eigenvalue weighted by Crippen LogP contribution is 2.34. The lowest BCUT2D eigenvalue weighted by molar-refractivity contribution is 0.400. The first-order valence-electron chi connectivity index (χ1n) is 6.61. The lowest BCUT2D eigenvalue weighted by Crippen LogP contribution is -2.14. The van der Waals surface area contributed by atoms with Gasteiger partial charge in [0.25, 0.3) is 0 Å². The van der Waals surface area contributed by atoms with Crippen molar-refractivity contribution in [3.63, 3.8) is 0 Å². The molecule has 0 saturated heterocycles. The van der Waals surface area contributed by atoms with E-state index < -0.39 is 0 Å². The van der Waals surface area contributed by atoms with Crippen LogP contribution in [0.25, 0.3) is 0 Å². The minimum atomic E-state index is -0.278. The Hall–Kier alpha value is -2.00. The molecular weight excluding hydrogens is 250 g/mol. The molecule has 0 aliphatic rings. The van der Waals surface area contributed by atoms with E-state index in [1.165, 1.54) is 0 Å². The van der Waals surface area contributed by atoms with Gasteiger partial charge in [-0.25, -0.2) is 0 Å². The fourth-order valence-corrected chi connectivity index (χ4v) is 2.36. The van der Waals surface area contributed by atoms with Crippen LogP contribution in [0.3, 0.4) is 0 Å². The Balaban J connectivity index is 2.53. The van der Waals surface area contributed by atoms with Crippen LogP contribution in [0.1, 0.15) is 28.3 Å². The Kier molecular flexibility index (Phi) is 4.30. The molecule has 3 heteroatoms. The van der Waals surface area contributed by atoms with Gasteiger partial charge in [-0.2, -0.15) is 0 Å². The molecule has 0 aromatic heterocycles. The van der Waals surface area contributed by atoms with Crippen LogP contribution in [0, 0.1) is 13.8 Å². The Morgan fingerprint density at radius 2 is 1.20 bits per heavy atom. The molecule has 0 radical (unpaired) electrons. The summed E-state index contributed by atoms with van der Waals surface area (Å²) in [7, 11) is 3.32. The topological polar surface area (TPSA) is 44.5 Å². The van der Waals surface area contributed by atoms with Crippen molar-refractivity contribution in [2.75, 3.05) is 14.2 Å². The van der Waals surface area contributed by atoms with E-state index in [0.29, 0.717) is 0 Å². The molecule has 0 amide bonds. The van der Waals surface area contributed by atoms with Crippen molar-refractivity contribution in [2.45, 2.75) is 19.9 Å². The lowest BCUT2D eigenvalue weighted by atomic mass is 9.95. The molecule has 0 aliphatic heterocycles. The van der Waals surface area contributed by atoms with Crippen molar-refractivity contribution >= 4 is 0 Å². The maximum atomic E-state index is 6.45. The molecule has 2 aromatic carbocycles. The first kappa shape index (κ1) is 14.4. The molecule has 3 nitrogen and oxygen atoms in total. The first-order chi connectivity index (χ1) is 9.56. The van der Waals surface area contributed by atoms with Gasteiger partial charge in [0.2, 0.25) is 0 Å². The smallest absolute Gasteiger partial charge is 0.123 e. The summed E-state index contributed by atoms with van der Waals surface area (Å²) >= 11 is 0. The predicted octanol–water partition coefficient (Wildman–Crippen LogP) is 3.37. The fourth-order valence-electron chi connectivity index (χ4n) is 2.36. The van der Waals surface area contributed by atoms with Crippen molar-refractivity contribution in [3.05, 3.63) is 58.7 Å². The average Bonchev–Trinajstić information content (AvgIpc) is 2.46. The van der Waals surface area contributed by atoms with Gasteiger partial charge >= 0.3 is 0 Å². The number of methoxy groups -OCH3 is 2. The van der Waals surface area contributed by atoms with Crippen molar-refractivity contribution < 1.29 is 9.47 Å². The number of nitrogens with two attached hydrogens (primary N) is 1. The molecule has 0 saturated carbocycles. The number of hydrogen-bond acceptors (Lipinski definition) is 3. The third kappa shape index (κ3) is 2.78. The third-order valence-electron chi connectivity index (χ3n) is 3.44. The van der Waals surface area contributed by atoms with Crippen LogP contribution in [0.5, 0.6) is 11.5 Å². The number of hydrogen-bond donors (Lipinski definition) is 1. The van der Waals surface area contributed by atoms with Crippen molar-refractivity contribution in [1.82, 2.24) is 0 Å². The fraction of sp³-hybridized carbons (Fsp3) is 0.294. The standard InChI is InChI=1S/C17H21NO2/c1-11-5-7-15(19-3)13(9-11)17(18)14-10-12(2)6-8-16(14)20-4/h5-10,17H,18H2,1-4H3. The van der Waals surface area contributed by atoms with Gasteiger partial charge < -0.3 is 15.2 Å². The summed E-state index contributed by atoms with van der Waals surface area (Å²) in [4.78, 5) is 0. The first-order valence-corrected chi connectivity index (χ1v) is 6.61. The molecule has 0 fully saturated rings. The molecule has 0 unspecified atom stereocenters. The van der Waals surface area contributed by atoms with E-state index in [4.69, 9.17) is 15.2 Å². The predicted molar refractivity (Wildman–Crippen MR) is 81.5 cm³/mol. The highest BCUT2D eigenvalue weighted by atomic mass is 16.5. The maximum absolute atomic E-state index is 6.45. The summed E-state index contributed by atoms with van der Waals surface area (Å²) < 4.78 is 10.9. The second-order valence-electron chi connectivity index (χ2n) is 4.97. The summed E-state index contributed by atoms with van der Waals surface area (Å²) in [5.74, 6) is 1.60. The molecule has 2 N–H and O–H groups in total. The highest BCUT2D eigenvalue weighted by molar-refractivity contribution is 5.48. The van der Waals surface area contributed by atoms with Crippen LogP contribution < -0.4 is 15.2 Å². The summed E-state index contributed by atoms with van der Waals surface area (Å²) in [5.41, 5.74) is 10.7. The van der Waals surface area contributed by atoms with E-state index in [-0.39, 0.29) is 6.04 Å². The summed E-state index contributed by atoms with van der Waals surface area (Å²) in [6.07, 6.45) is 0. The normalized spacial score (nSPS) is 10.7. The SMILES string of the molecule is COc1ccc(C)cc1C(N)c1cc(C)ccc1OC. The molecule has 0 atom stereocenters. The van der Waals surface area contributed by atoms with Gasteiger partial charge in [-0.05, 0) is 26.0 Å². The van der Waals surface area contributed by atoms with E-state index >= 15 is 0 Å². The van der Waals surface area contributed by atoms with E-state index in [1.54, 1.807) is 14.2 Å². The van der Waals surface area contributed by atoms with E-state index in [1.807, 2.05) is 38.1 Å². The Bertz CT molecular complexity index is 554. The summed E-state index contributed by atoms with van der Waals surface area (Å²) in [6, 6.07) is 11.8. The molecular formula is C17H21NO2. The molecule has 0 aliphatic carbocycles. The van der Waals surface area contributed by atoms with Crippen molar-refractivity contribution in [2.24, 2.45) is 5.73 Å². The van der Waals surface area contributed by atoms with Crippen LogP contribution in [0.15, 0.2) is 36.4 Å². The van der Waals surface area contributed by atoms with Crippen molar-refractivity contribution in [1.29, 1.82) is 0 Å². The number of benzene rings is 2. The number of rotatable bonds is 4. The van der Waals surface area contributed by atoms with E-state index in [2.05, 4.69) is 12.1 Å². The van der Waals surface area contributed by atoms with Crippen LogP contribution >= 0.6 is 0 Å². The second-order valence-corrected chi connectivity index (χ2v) is 4.97. The van der Waals surface area contributed by atoms with Crippen LogP contribution in [-0.2, 0) is 0 Å². The minimum Gasteiger partial charge on any atom is -0.496 e. The monoisotopic (exact) mass is 271 g/mol. The lowest BCUT2D eigenvalue weighted by Gasteiger charge is -2.19. The molecule has 0 heterocycles. The highest BCUT2D eigenvalue weighted by Gasteiger charge is 2.18. The zero-order valence-electron chi connectivity index (χ0n) is 12.4. The molecule has 2 aromatic rings. The van der Waals surface area contributed by atoms with E-state index in [0.717, 1.165) is 33.8 Å². The Morgan fingerprint density at radius 1 is 0.800 bits per heavy atom. The van der Waals surface area contributed by atoms with Crippen LogP contribution in [-0.4, -0.2) is 14.2 Å². The van der Waals surface area contributed by atoms with Gasteiger partial charge in [-0.3, -0.25) is 0 Å². The molecule has 106 valence electrons. The van der Waals surface area contributed by atoms with E-state index in [9.17, 15) is 0 Å². The molecule has 20 heavy (non-hydrogen) atoms. The number of aryl methyl sites for hydroxylation is 2. The van der Waals surface area contributed by atoms with Crippen LogP contribution in [0.4, 0.5) is 0 Å². The molecule has 0 spiro atoms. The van der Waals surface area contributed by atoms with Gasteiger partial charge in [0, 0.05) is 11.1 Å². The zero-order chi connectivity index (χ0) is 14.7. The second kappa shape index (κ2) is 5.97. The Labute approximate surface area is 120 Å². The van der Waals surface area contributed by atoms with Gasteiger partial charge in [0.05, 0.1) is 20.3 Å². The third-order valence-corrected chi connectivity index (χ3v) is 3.44. The quantitative estimate of drug-likeness (QED) is 0.927. The number of ether oxygens (including phenoxy) is 2. The minimum absolute atomic E-state index is 0.278. The Morgan fingerprint density at radius 3 is 1.55 bits per heavy atom.